The Morgan fingerprint density at radius 2 is 1.86 bits per heavy atom. The molecule has 0 bridgehead atoms. The van der Waals surface area contributed by atoms with Crippen molar-refractivity contribution in [3.05, 3.63) is 65.5 Å². The zero-order chi connectivity index (χ0) is 20.2. The van der Waals surface area contributed by atoms with E-state index in [0.29, 0.717) is 12.3 Å². The van der Waals surface area contributed by atoms with Crippen LogP contribution in [-0.2, 0) is 17.8 Å². The molecule has 0 aliphatic heterocycles. The van der Waals surface area contributed by atoms with Gasteiger partial charge in [0.05, 0.1) is 0 Å². The quantitative estimate of drug-likeness (QED) is 0.508. The molecule has 7 nitrogen and oxygen atoms in total. The summed E-state index contributed by atoms with van der Waals surface area (Å²) in [6.07, 6.45) is 0.788. The van der Waals surface area contributed by atoms with Gasteiger partial charge in [-0.1, -0.05) is 60.2 Å². The van der Waals surface area contributed by atoms with Crippen LogP contribution in [-0.4, -0.2) is 32.3 Å². The zero-order valence-electron chi connectivity index (χ0n) is 16.3. The van der Waals surface area contributed by atoms with Crippen LogP contribution in [0.1, 0.15) is 23.9 Å². The van der Waals surface area contributed by atoms with Crippen LogP contribution in [0.4, 0.5) is 0 Å². The normalized spacial score (nSPS) is 11.0. The largest absolute Gasteiger partial charge is 0.484 e. The Kier molecular flexibility index (Phi) is 5.53. The Morgan fingerprint density at radius 1 is 1.10 bits per heavy atom. The average molecular weight is 407 g/mol. The van der Waals surface area contributed by atoms with E-state index in [0.717, 1.165) is 38.9 Å². The third-order valence-corrected chi connectivity index (χ3v) is 5.40. The summed E-state index contributed by atoms with van der Waals surface area (Å²) in [5, 5.41) is 16.6. The molecule has 4 rings (SSSR count). The molecule has 0 fully saturated rings. The zero-order valence-corrected chi connectivity index (χ0v) is 17.1. The van der Waals surface area contributed by atoms with Crippen LogP contribution < -0.4 is 10.1 Å². The molecule has 29 heavy (non-hydrogen) atoms. The lowest BCUT2D eigenvalue weighted by Crippen LogP contribution is -2.28. The first-order valence-electron chi connectivity index (χ1n) is 9.39. The number of hydrogen-bond donors (Lipinski definition) is 1. The van der Waals surface area contributed by atoms with Crippen molar-refractivity contribution in [2.24, 2.45) is 0 Å². The molecule has 0 aliphatic rings. The summed E-state index contributed by atoms with van der Waals surface area (Å²) in [6.45, 7) is 4.48. The Morgan fingerprint density at radius 3 is 2.59 bits per heavy atom. The maximum Gasteiger partial charge on any atom is 0.258 e. The number of fused-ring (bicyclic) bond motifs is 1. The smallest absolute Gasteiger partial charge is 0.258 e. The van der Waals surface area contributed by atoms with Gasteiger partial charge in [0.2, 0.25) is 4.96 Å². The van der Waals surface area contributed by atoms with Gasteiger partial charge in [0.1, 0.15) is 10.8 Å². The third kappa shape index (κ3) is 4.43. The van der Waals surface area contributed by atoms with Crippen LogP contribution in [0.25, 0.3) is 15.5 Å². The molecular formula is C21H21N5O2S. The highest BCUT2D eigenvalue weighted by Gasteiger charge is 2.12. The Bertz CT molecular complexity index is 1120. The fourth-order valence-corrected chi connectivity index (χ4v) is 3.66. The molecule has 0 saturated carbocycles. The molecule has 2 aromatic heterocycles. The summed E-state index contributed by atoms with van der Waals surface area (Å²) < 4.78 is 7.29. The Hall–Kier alpha value is -3.26. The number of ether oxygens (including phenoxy) is 1. The lowest BCUT2D eigenvalue weighted by molar-refractivity contribution is -0.123. The second-order valence-electron chi connectivity index (χ2n) is 6.65. The highest BCUT2D eigenvalue weighted by molar-refractivity contribution is 7.19. The third-order valence-electron chi connectivity index (χ3n) is 4.45. The fourth-order valence-electron chi connectivity index (χ4n) is 2.79. The Balaban J connectivity index is 1.32. The van der Waals surface area contributed by atoms with Crippen molar-refractivity contribution < 1.29 is 9.53 Å². The number of hydrogen-bond acceptors (Lipinski definition) is 6. The predicted octanol–water partition coefficient (Wildman–Crippen LogP) is 3.42. The van der Waals surface area contributed by atoms with E-state index in [4.69, 9.17) is 4.74 Å². The summed E-state index contributed by atoms with van der Waals surface area (Å²) in [6, 6.07) is 15.6. The van der Waals surface area contributed by atoms with E-state index in [1.165, 1.54) is 11.3 Å². The molecule has 0 atom stereocenters. The van der Waals surface area contributed by atoms with E-state index in [-0.39, 0.29) is 12.5 Å². The van der Waals surface area contributed by atoms with Gasteiger partial charge >= 0.3 is 0 Å². The van der Waals surface area contributed by atoms with Gasteiger partial charge in [0.15, 0.2) is 12.4 Å². The van der Waals surface area contributed by atoms with Crippen LogP contribution in [0.5, 0.6) is 5.75 Å². The Labute approximate surface area is 172 Å². The first-order valence-corrected chi connectivity index (χ1v) is 10.2. The number of carbonyl (C=O) groups excluding carboxylic acids is 1. The number of nitrogens with one attached hydrogen (secondary N) is 1. The molecule has 0 saturated heterocycles. The second kappa shape index (κ2) is 8.40. The molecule has 2 heterocycles. The molecule has 0 unspecified atom stereocenters. The van der Waals surface area contributed by atoms with Gasteiger partial charge in [-0.25, -0.2) is 0 Å². The maximum absolute atomic E-state index is 12.0. The van der Waals surface area contributed by atoms with Crippen molar-refractivity contribution in [2.45, 2.75) is 26.8 Å². The summed E-state index contributed by atoms with van der Waals surface area (Å²) in [4.78, 5) is 12.8. The van der Waals surface area contributed by atoms with Crippen LogP contribution >= 0.6 is 11.3 Å². The van der Waals surface area contributed by atoms with E-state index in [9.17, 15) is 4.79 Å². The van der Waals surface area contributed by atoms with E-state index in [2.05, 4.69) is 20.6 Å². The van der Waals surface area contributed by atoms with Gasteiger partial charge in [-0.2, -0.15) is 9.61 Å². The van der Waals surface area contributed by atoms with E-state index in [1.54, 1.807) is 4.52 Å². The van der Waals surface area contributed by atoms with Crippen molar-refractivity contribution in [2.75, 3.05) is 6.61 Å². The first kappa shape index (κ1) is 19.1. The van der Waals surface area contributed by atoms with Gasteiger partial charge in [-0.3, -0.25) is 4.79 Å². The van der Waals surface area contributed by atoms with E-state index in [1.807, 2.05) is 62.4 Å². The monoisotopic (exact) mass is 407 g/mol. The molecule has 0 radical (unpaired) electrons. The number of aromatic nitrogens is 4. The molecule has 148 valence electrons. The van der Waals surface area contributed by atoms with Gasteiger partial charge < -0.3 is 10.1 Å². The minimum absolute atomic E-state index is 0.00610. The highest BCUT2D eigenvalue weighted by Crippen LogP contribution is 2.25. The molecule has 0 aliphatic carbocycles. The topological polar surface area (TPSA) is 81.4 Å². The summed E-state index contributed by atoms with van der Waals surface area (Å²) in [5.41, 5.74) is 3.18. The summed E-state index contributed by atoms with van der Waals surface area (Å²) >= 11 is 1.51. The minimum Gasteiger partial charge on any atom is -0.484 e. The summed E-state index contributed by atoms with van der Waals surface area (Å²) in [5.74, 6) is 1.39. The SMILES string of the molecule is CCc1nnc2sc(-c3ccc(CNC(=O)COc4ccc(C)cc4)cc3)nn12. The number of carbonyl (C=O) groups is 1. The molecular weight excluding hydrogens is 386 g/mol. The first-order chi connectivity index (χ1) is 14.1. The van der Waals surface area contributed by atoms with Crippen molar-refractivity contribution in [1.29, 1.82) is 0 Å². The molecule has 1 amide bonds. The lowest BCUT2D eigenvalue weighted by atomic mass is 10.1. The molecule has 1 N–H and O–H groups in total. The van der Waals surface area contributed by atoms with Crippen LogP contribution in [0.15, 0.2) is 48.5 Å². The van der Waals surface area contributed by atoms with Crippen molar-refractivity contribution >= 4 is 22.2 Å². The fraction of sp³-hybridized carbons (Fsp3) is 0.238. The van der Waals surface area contributed by atoms with Crippen molar-refractivity contribution in [3.8, 4) is 16.3 Å². The van der Waals surface area contributed by atoms with Gasteiger partial charge in [0, 0.05) is 18.5 Å². The van der Waals surface area contributed by atoms with Crippen molar-refractivity contribution in [3.63, 3.8) is 0 Å². The number of amides is 1. The number of aryl methyl sites for hydroxylation is 2. The van der Waals surface area contributed by atoms with Crippen molar-refractivity contribution in [1.82, 2.24) is 25.1 Å². The van der Waals surface area contributed by atoms with E-state index >= 15 is 0 Å². The maximum atomic E-state index is 12.0. The van der Waals surface area contributed by atoms with Crippen LogP contribution in [0.2, 0.25) is 0 Å². The van der Waals surface area contributed by atoms with Crippen LogP contribution in [0.3, 0.4) is 0 Å². The standard InChI is InChI=1S/C21H21N5O2S/c1-3-18-23-24-21-26(18)25-20(29-21)16-8-6-15(7-9-16)12-22-19(27)13-28-17-10-4-14(2)5-11-17/h4-11H,3,12-13H2,1-2H3,(H,22,27). The van der Waals surface area contributed by atoms with Gasteiger partial charge in [-0.05, 0) is 24.6 Å². The molecule has 4 aromatic rings. The minimum atomic E-state index is -0.157. The van der Waals surface area contributed by atoms with Gasteiger partial charge in [0.25, 0.3) is 5.91 Å². The molecule has 2 aromatic carbocycles. The second-order valence-corrected chi connectivity index (χ2v) is 7.60. The number of rotatable bonds is 7. The number of nitrogens with zero attached hydrogens (tertiary/aromatic N) is 4. The summed E-state index contributed by atoms with van der Waals surface area (Å²) in [7, 11) is 0. The lowest BCUT2D eigenvalue weighted by Gasteiger charge is -2.08. The molecule has 8 heteroatoms. The van der Waals surface area contributed by atoms with E-state index < -0.39 is 0 Å². The highest BCUT2D eigenvalue weighted by atomic mass is 32.1. The predicted molar refractivity (Wildman–Crippen MR) is 112 cm³/mol. The average Bonchev–Trinajstić information content (AvgIpc) is 3.33. The number of benzene rings is 2. The van der Waals surface area contributed by atoms with Crippen LogP contribution in [0, 0.1) is 6.92 Å². The molecule has 0 spiro atoms. The van der Waals surface area contributed by atoms with Gasteiger partial charge in [-0.15, -0.1) is 10.2 Å².